The molecule has 40 heavy (non-hydrogen) atoms. The van der Waals surface area contributed by atoms with Gasteiger partial charge < -0.3 is 0 Å². The molecule has 0 fully saturated rings. The van der Waals surface area contributed by atoms with Gasteiger partial charge in [-0.05, 0) is 0 Å². The number of aryl methyl sites for hydroxylation is 3. The number of phenolic OH excluding ortho intramolecular Hbond substituents is 1. The molecule has 5 nitrogen and oxygen atoms in total. The molecule has 0 aliphatic carbocycles. The predicted molar refractivity (Wildman–Crippen MR) is 163 cm³/mol. The van der Waals surface area contributed by atoms with Crippen LogP contribution in [0, 0.1) is 20.8 Å². The Labute approximate surface area is 249 Å². The van der Waals surface area contributed by atoms with Crippen molar-refractivity contribution in [3.05, 3.63) is 124 Å². The molecule has 0 radical (unpaired) electrons. The fraction of sp³-hybridized carbons (Fsp3) is 0.212. The molecule has 0 saturated carbocycles. The Morgan fingerprint density at radius 1 is 0.650 bits per heavy atom. The predicted octanol–water partition coefficient (Wildman–Crippen LogP) is 4.64. The van der Waals surface area contributed by atoms with Crippen molar-refractivity contribution in [3.8, 4) is 5.75 Å². The number of phenols is 1. The molecule has 7 heteroatoms. The van der Waals surface area contributed by atoms with Crippen LogP contribution in [0.25, 0.3) is 0 Å². The zero-order valence-corrected chi connectivity index (χ0v) is 26.8. The maximum atomic E-state index is 12.0. The molecule has 4 aromatic rings. The van der Waals surface area contributed by atoms with Crippen LogP contribution in [-0.2, 0) is 20.1 Å². The Morgan fingerprint density at radius 3 is 1.52 bits per heavy atom. The molecule has 0 aliphatic heterocycles. The molecule has 208 valence electrons. The van der Waals surface area contributed by atoms with Crippen molar-refractivity contribution in [3.63, 3.8) is 0 Å². The number of hydrogen-bond acceptors (Lipinski definition) is 5. The topological polar surface area (TPSA) is 72.8 Å². The Bertz CT molecular complexity index is 1330. The molecular formula is C33H34O5Se2. The van der Waals surface area contributed by atoms with E-state index in [4.69, 9.17) is 9.47 Å². The summed E-state index contributed by atoms with van der Waals surface area (Å²) in [5, 5.41) is 11.4. The fourth-order valence-electron chi connectivity index (χ4n) is 4.27. The van der Waals surface area contributed by atoms with Crippen LogP contribution in [0.2, 0.25) is 0 Å². The number of hydrogen-bond donors (Lipinski definition) is 1. The average molecular weight is 669 g/mol. The van der Waals surface area contributed by atoms with E-state index in [0.717, 1.165) is 38.5 Å². The summed E-state index contributed by atoms with van der Waals surface area (Å²) in [6, 6.07) is 27.9. The van der Waals surface area contributed by atoms with E-state index in [9.17, 15) is 14.7 Å². The van der Waals surface area contributed by atoms with Crippen LogP contribution in [0.3, 0.4) is 0 Å². The monoisotopic (exact) mass is 670 g/mol. The molecule has 0 amide bonds. The Balaban J connectivity index is 0.000000220. The van der Waals surface area contributed by atoms with Gasteiger partial charge in [0.05, 0.1) is 0 Å². The van der Waals surface area contributed by atoms with Crippen LogP contribution in [-0.4, -0.2) is 61.2 Å². The van der Waals surface area contributed by atoms with Crippen molar-refractivity contribution in [1.29, 1.82) is 0 Å². The first kappa shape index (κ1) is 31.2. The summed E-state index contributed by atoms with van der Waals surface area (Å²) in [5.41, 5.74) is 6.18. The van der Waals surface area contributed by atoms with E-state index in [1.807, 2.05) is 44.2 Å². The van der Waals surface area contributed by atoms with Crippen molar-refractivity contribution in [2.45, 2.75) is 31.4 Å². The summed E-state index contributed by atoms with van der Waals surface area (Å²) in [6.45, 7) is 5.84. The number of esters is 2. The molecule has 0 bridgehead atoms. The van der Waals surface area contributed by atoms with E-state index >= 15 is 0 Å². The molecule has 0 spiro atoms. The van der Waals surface area contributed by atoms with E-state index in [0.29, 0.717) is 20.5 Å². The van der Waals surface area contributed by atoms with Gasteiger partial charge in [-0.3, -0.25) is 0 Å². The van der Waals surface area contributed by atoms with Crippen molar-refractivity contribution in [1.82, 2.24) is 0 Å². The summed E-state index contributed by atoms with van der Waals surface area (Å²) in [4.78, 5) is 23.8. The van der Waals surface area contributed by atoms with Gasteiger partial charge in [0.2, 0.25) is 0 Å². The van der Waals surface area contributed by atoms with Gasteiger partial charge in [0, 0.05) is 0 Å². The van der Waals surface area contributed by atoms with Crippen LogP contribution < -0.4 is 8.92 Å². The van der Waals surface area contributed by atoms with Gasteiger partial charge in [0.25, 0.3) is 0 Å². The molecule has 0 heterocycles. The zero-order valence-electron chi connectivity index (χ0n) is 23.4. The van der Waals surface area contributed by atoms with Crippen LogP contribution in [0.4, 0.5) is 0 Å². The van der Waals surface area contributed by atoms with Crippen molar-refractivity contribution >= 4 is 50.8 Å². The van der Waals surface area contributed by atoms with E-state index in [-0.39, 0.29) is 32.6 Å². The first-order valence-corrected chi connectivity index (χ1v) is 16.8. The number of benzene rings is 4. The molecule has 0 atom stereocenters. The third-order valence-electron chi connectivity index (χ3n) is 6.02. The molecule has 0 saturated heterocycles. The standard InChI is InChI=1S/C17H18O2Se.C16H16O3Se/c1-12-9-13(2)16(17(18)19-3)14(10-12)11-20-15-7-5-4-6-8-15;1-11-8-13(17)9-12(15(11)16(18)19-2)10-20-14-6-4-3-5-7-14/h4-10H,11H2,1-3H3;3-9,17H,10H2,1-2H3. The molecular weight excluding hydrogens is 634 g/mol. The Morgan fingerprint density at radius 2 is 1.07 bits per heavy atom. The van der Waals surface area contributed by atoms with Crippen LogP contribution in [0.5, 0.6) is 5.75 Å². The summed E-state index contributed by atoms with van der Waals surface area (Å²) in [6.07, 6.45) is 0. The van der Waals surface area contributed by atoms with Gasteiger partial charge >= 0.3 is 250 Å². The molecule has 1 N–H and O–H groups in total. The second-order valence-corrected chi connectivity index (χ2v) is 13.5. The van der Waals surface area contributed by atoms with E-state index in [1.165, 1.54) is 28.7 Å². The third-order valence-corrected chi connectivity index (χ3v) is 10.5. The van der Waals surface area contributed by atoms with Crippen LogP contribution in [0.1, 0.15) is 48.5 Å². The number of rotatable bonds is 8. The van der Waals surface area contributed by atoms with Crippen LogP contribution in [0.15, 0.2) is 84.9 Å². The molecule has 4 rings (SSSR count). The number of carbonyl (C=O) groups is 2. The van der Waals surface area contributed by atoms with Crippen LogP contribution >= 0.6 is 0 Å². The Hall–Kier alpha value is -3.34. The van der Waals surface area contributed by atoms with Gasteiger partial charge in [0.1, 0.15) is 0 Å². The van der Waals surface area contributed by atoms with Gasteiger partial charge in [-0.15, -0.1) is 0 Å². The average Bonchev–Trinajstić information content (AvgIpc) is 2.95. The number of carbonyl (C=O) groups excluding carboxylic acids is 2. The molecule has 4 aromatic carbocycles. The number of aromatic hydroxyl groups is 1. The van der Waals surface area contributed by atoms with Gasteiger partial charge in [0.15, 0.2) is 0 Å². The zero-order chi connectivity index (χ0) is 29.1. The minimum absolute atomic E-state index is 0.189. The summed E-state index contributed by atoms with van der Waals surface area (Å²) < 4.78 is 12.4. The molecule has 0 aliphatic rings. The van der Waals surface area contributed by atoms with Crippen molar-refractivity contribution < 1.29 is 24.2 Å². The summed E-state index contributed by atoms with van der Waals surface area (Å²) in [7, 11) is 2.81. The quantitative estimate of drug-likeness (QED) is 0.219. The van der Waals surface area contributed by atoms with E-state index in [1.54, 1.807) is 12.1 Å². The first-order chi connectivity index (χ1) is 19.2. The summed E-state index contributed by atoms with van der Waals surface area (Å²) >= 11 is 0.536. The second kappa shape index (κ2) is 15.4. The fourth-order valence-corrected chi connectivity index (χ4v) is 8.04. The normalized spacial score (nSPS) is 10.3. The molecule has 0 unspecified atom stereocenters. The second-order valence-electron chi connectivity index (χ2n) is 9.10. The van der Waals surface area contributed by atoms with Gasteiger partial charge in [-0.2, -0.15) is 0 Å². The number of methoxy groups -OCH3 is 2. The number of ether oxygens (including phenoxy) is 2. The van der Waals surface area contributed by atoms with E-state index in [2.05, 4.69) is 49.4 Å². The van der Waals surface area contributed by atoms with E-state index < -0.39 is 0 Å². The maximum absolute atomic E-state index is 12.0. The summed E-state index contributed by atoms with van der Waals surface area (Å²) in [5.74, 6) is -0.392. The Kier molecular flexibility index (Phi) is 12.0. The molecule has 0 aromatic heterocycles. The van der Waals surface area contributed by atoms with Gasteiger partial charge in [-0.25, -0.2) is 0 Å². The van der Waals surface area contributed by atoms with Crippen molar-refractivity contribution in [2.75, 3.05) is 14.2 Å². The first-order valence-electron chi connectivity index (χ1n) is 12.7. The van der Waals surface area contributed by atoms with Crippen molar-refractivity contribution in [2.24, 2.45) is 0 Å². The van der Waals surface area contributed by atoms with Gasteiger partial charge in [-0.1, -0.05) is 0 Å². The minimum atomic E-state index is -0.346. The third kappa shape index (κ3) is 8.84. The SMILES string of the molecule is COC(=O)c1c(C)cc(C)cc1C[Se]c1ccccc1.COC(=O)c1c(C)cc(O)cc1C[Se]c1ccccc1.